The normalized spacial score (nSPS) is 15.6. The fraction of sp³-hybridized carbons (Fsp3) is 0.579. The molecule has 1 atom stereocenters. The van der Waals surface area contributed by atoms with Crippen molar-refractivity contribution in [1.29, 1.82) is 0 Å². The second-order valence-electron chi connectivity index (χ2n) is 7.68. The maximum atomic E-state index is 13.1. The fourth-order valence-electron chi connectivity index (χ4n) is 3.08. The number of likely N-dealkylation sites (N-methyl/N-ethyl adjacent to an activating group) is 1. The van der Waals surface area contributed by atoms with Crippen LogP contribution in [0, 0.1) is 12.3 Å². The van der Waals surface area contributed by atoms with Gasteiger partial charge in [0.25, 0.3) is 0 Å². The molecule has 5 heteroatoms. The summed E-state index contributed by atoms with van der Waals surface area (Å²) in [6, 6.07) is 5.90. The third kappa shape index (κ3) is 4.35. The third-order valence-electron chi connectivity index (χ3n) is 4.44. The molecule has 24 heavy (non-hydrogen) atoms. The number of nitrogens with zero attached hydrogens (tertiary/aromatic N) is 1. The van der Waals surface area contributed by atoms with Gasteiger partial charge in [0.05, 0.1) is 6.54 Å². The molecule has 0 saturated heterocycles. The van der Waals surface area contributed by atoms with Crippen molar-refractivity contribution in [3.63, 3.8) is 0 Å². The number of amides is 2. The van der Waals surface area contributed by atoms with Crippen molar-refractivity contribution < 1.29 is 9.59 Å². The number of carbonyl (C=O) groups is 2. The van der Waals surface area contributed by atoms with Crippen LogP contribution in [0.1, 0.15) is 37.5 Å². The van der Waals surface area contributed by atoms with Gasteiger partial charge in [-0.1, -0.05) is 44.5 Å². The minimum Gasteiger partial charge on any atom is -0.343 e. The van der Waals surface area contributed by atoms with Gasteiger partial charge in [-0.2, -0.15) is 0 Å². The summed E-state index contributed by atoms with van der Waals surface area (Å²) in [6.07, 6.45) is 0.864. The van der Waals surface area contributed by atoms with E-state index in [0.29, 0.717) is 13.1 Å². The molecule has 0 radical (unpaired) electrons. The van der Waals surface area contributed by atoms with Crippen LogP contribution in [0.15, 0.2) is 18.2 Å². The highest BCUT2D eigenvalue weighted by atomic mass is 16.2. The molecular formula is C19H29N3O2. The van der Waals surface area contributed by atoms with Crippen LogP contribution in [0.2, 0.25) is 0 Å². The van der Waals surface area contributed by atoms with Gasteiger partial charge in [-0.05, 0) is 36.9 Å². The molecule has 5 nitrogen and oxygen atoms in total. The number of fused-ring (bicyclic) bond motifs is 1. The number of nitrogens with one attached hydrogen (secondary N) is 2. The van der Waals surface area contributed by atoms with Crippen molar-refractivity contribution in [3.8, 4) is 0 Å². The lowest BCUT2D eigenvalue weighted by atomic mass is 9.85. The average Bonchev–Trinajstić information content (AvgIpc) is 2.50. The molecule has 2 amide bonds. The average molecular weight is 331 g/mol. The molecule has 0 bridgehead atoms. The second-order valence-corrected chi connectivity index (χ2v) is 7.68. The summed E-state index contributed by atoms with van der Waals surface area (Å²) in [4.78, 5) is 26.9. The van der Waals surface area contributed by atoms with Gasteiger partial charge in [-0.25, -0.2) is 0 Å². The van der Waals surface area contributed by atoms with E-state index in [1.165, 1.54) is 16.7 Å². The molecule has 1 aromatic carbocycles. The molecule has 0 fully saturated rings. The van der Waals surface area contributed by atoms with E-state index in [4.69, 9.17) is 0 Å². The van der Waals surface area contributed by atoms with Crippen molar-refractivity contribution in [2.45, 2.75) is 46.7 Å². The SMILES string of the molecule is CNCC(=O)N[C@H](C(=O)N1CCc2ccc(C)cc2C1)C(C)(C)C. The first kappa shape index (κ1) is 18.5. The van der Waals surface area contributed by atoms with E-state index in [1.807, 2.05) is 25.7 Å². The van der Waals surface area contributed by atoms with Crippen molar-refractivity contribution >= 4 is 11.8 Å². The first-order valence-corrected chi connectivity index (χ1v) is 8.53. The van der Waals surface area contributed by atoms with Gasteiger partial charge in [0.2, 0.25) is 11.8 Å². The molecule has 132 valence electrons. The third-order valence-corrected chi connectivity index (χ3v) is 4.44. The zero-order chi connectivity index (χ0) is 17.9. The number of benzene rings is 1. The fourth-order valence-corrected chi connectivity index (χ4v) is 3.08. The van der Waals surface area contributed by atoms with Crippen LogP contribution in [0.3, 0.4) is 0 Å². The Balaban J connectivity index is 2.16. The largest absolute Gasteiger partial charge is 0.343 e. The van der Waals surface area contributed by atoms with E-state index in [-0.39, 0.29) is 23.8 Å². The molecular weight excluding hydrogens is 302 g/mol. The smallest absolute Gasteiger partial charge is 0.246 e. The van der Waals surface area contributed by atoms with Gasteiger partial charge in [0.15, 0.2) is 0 Å². The molecule has 0 aliphatic carbocycles. The summed E-state index contributed by atoms with van der Waals surface area (Å²) >= 11 is 0. The molecule has 1 aliphatic rings. The molecule has 2 N–H and O–H groups in total. The quantitative estimate of drug-likeness (QED) is 0.881. The molecule has 0 saturated carbocycles. The van der Waals surface area contributed by atoms with Crippen LogP contribution >= 0.6 is 0 Å². The van der Waals surface area contributed by atoms with E-state index >= 15 is 0 Å². The Labute approximate surface area is 144 Å². The Hall–Kier alpha value is -1.88. The van der Waals surface area contributed by atoms with Crippen LogP contribution in [-0.4, -0.2) is 42.9 Å². The van der Waals surface area contributed by atoms with Gasteiger partial charge in [-0.15, -0.1) is 0 Å². The van der Waals surface area contributed by atoms with Crippen LogP contribution in [-0.2, 0) is 22.6 Å². The topological polar surface area (TPSA) is 61.4 Å². The van der Waals surface area contributed by atoms with Crippen LogP contribution in [0.5, 0.6) is 0 Å². The monoisotopic (exact) mass is 331 g/mol. The van der Waals surface area contributed by atoms with Crippen LogP contribution < -0.4 is 10.6 Å². The Morgan fingerprint density at radius 2 is 1.96 bits per heavy atom. The summed E-state index contributed by atoms with van der Waals surface area (Å²) < 4.78 is 0. The second kappa shape index (κ2) is 7.34. The number of hydrogen-bond acceptors (Lipinski definition) is 3. The van der Waals surface area contributed by atoms with Crippen LogP contribution in [0.4, 0.5) is 0 Å². The summed E-state index contributed by atoms with van der Waals surface area (Å²) in [5.74, 6) is -0.155. The van der Waals surface area contributed by atoms with Crippen molar-refractivity contribution in [1.82, 2.24) is 15.5 Å². The number of rotatable bonds is 4. The zero-order valence-corrected chi connectivity index (χ0v) is 15.4. The maximum absolute atomic E-state index is 13.1. The van der Waals surface area contributed by atoms with E-state index in [2.05, 4.69) is 35.8 Å². The van der Waals surface area contributed by atoms with Crippen molar-refractivity contribution in [3.05, 3.63) is 34.9 Å². The van der Waals surface area contributed by atoms with Gasteiger partial charge in [0, 0.05) is 13.1 Å². The maximum Gasteiger partial charge on any atom is 0.246 e. The number of carbonyl (C=O) groups excluding carboxylic acids is 2. The van der Waals surface area contributed by atoms with Gasteiger partial charge in [-0.3, -0.25) is 9.59 Å². The molecule has 1 aromatic rings. The lowest BCUT2D eigenvalue weighted by molar-refractivity contribution is -0.140. The minimum absolute atomic E-state index is 0.000825. The molecule has 0 spiro atoms. The highest BCUT2D eigenvalue weighted by Crippen LogP contribution is 2.25. The number of hydrogen-bond donors (Lipinski definition) is 2. The Morgan fingerprint density at radius 1 is 1.25 bits per heavy atom. The lowest BCUT2D eigenvalue weighted by Crippen LogP contribution is -2.56. The molecule has 0 aromatic heterocycles. The predicted molar refractivity (Wildman–Crippen MR) is 95.6 cm³/mol. The van der Waals surface area contributed by atoms with Gasteiger partial charge in [0.1, 0.15) is 6.04 Å². The molecule has 1 aliphatic heterocycles. The molecule has 2 rings (SSSR count). The van der Waals surface area contributed by atoms with Crippen LogP contribution in [0.25, 0.3) is 0 Å². The first-order valence-electron chi connectivity index (χ1n) is 8.53. The van der Waals surface area contributed by atoms with E-state index in [9.17, 15) is 9.59 Å². The summed E-state index contributed by atoms with van der Waals surface area (Å²) in [5.41, 5.74) is 3.39. The first-order chi connectivity index (χ1) is 11.2. The van der Waals surface area contributed by atoms with E-state index < -0.39 is 6.04 Å². The van der Waals surface area contributed by atoms with E-state index in [0.717, 1.165) is 6.42 Å². The van der Waals surface area contributed by atoms with Crippen molar-refractivity contribution in [2.75, 3.05) is 20.1 Å². The Morgan fingerprint density at radius 3 is 2.58 bits per heavy atom. The van der Waals surface area contributed by atoms with Gasteiger partial charge >= 0.3 is 0 Å². The molecule has 0 unspecified atom stereocenters. The Kier molecular flexibility index (Phi) is 5.65. The molecule has 1 heterocycles. The van der Waals surface area contributed by atoms with Gasteiger partial charge < -0.3 is 15.5 Å². The summed E-state index contributed by atoms with van der Waals surface area (Å²) in [7, 11) is 1.72. The van der Waals surface area contributed by atoms with Crippen molar-refractivity contribution in [2.24, 2.45) is 5.41 Å². The highest BCUT2D eigenvalue weighted by molar-refractivity contribution is 5.89. The highest BCUT2D eigenvalue weighted by Gasteiger charge is 2.36. The van der Waals surface area contributed by atoms with E-state index in [1.54, 1.807) is 7.05 Å². The number of aryl methyl sites for hydroxylation is 1. The summed E-state index contributed by atoms with van der Waals surface area (Å²) in [6.45, 7) is 9.54. The standard InChI is InChI=1S/C19H29N3O2/c1-13-6-7-14-8-9-22(12-15(14)10-13)18(24)17(19(2,3)4)21-16(23)11-20-5/h6-7,10,17,20H,8-9,11-12H2,1-5H3,(H,21,23)/t17-/m1/s1. The Bertz CT molecular complexity index is 620. The minimum atomic E-state index is -0.523. The zero-order valence-electron chi connectivity index (χ0n) is 15.4. The predicted octanol–water partition coefficient (Wildman–Crippen LogP) is 1.63. The summed E-state index contributed by atoms with van der Waals surface area (Å²) in [5, 5.41) is 5.72. The lowest BCUT2D eigenvalue weighted by Gasteiger charge is -2.37.